The van der Waals surface area contributed by atoms with Gasteiger partial charge in [0.15, 0.2) is 5.69 Å². The second kappa shape index (κ2) is 9.35. The number of amides is 1. The number of benzene rings is 2. The first kappa shape index (κ1) is 19.1. The average molecular weight is 384 g/mol. The van der Waals surface area contributed by atoms with Crippen LogP contribution in [0.15, 0.2) is 65.3 Å². The Bertz CT molecular complexity index is 880. The predicted octanol–water partition coefficient (Wildman–Crippen LogP) is 4.28. The normalized spacial score (nSPS) is 10.9. The fourth-order valence-corrected chi connectivity index (χ4v) is 3.00. The molecule has 5 nitrogen and oxygen atoms in total. The fraction of sp³-hybridized carbons (Fsp3) is 0.238. The standard InChI is InChI=1S/C21H22ClN3O2/c1-2-23-21(26)19-15-27-20(24-19)14-25(12-16-8-4-3-5-9-16)13-17-10-6-7-11-18(17)22/h3-11,15H,2,12-14H2,1H3,(H,23,26). The molecule has 0 unspecified atom stereocenters. The summed E-state index contributed by atoms with van der Waals surface area (Å²) in [5.74, 6) is 0.271. The van der Waals surface area contributed by atoms with E-state index >= 15 is 0 Å². The topological polar surface area (TPSA) is 58.4 Å². The van der Waals surface area contributed by atoms with Gasteiger partial charge in [-0.05, 0) is 24.1 Å². The third kappa shape index (κ3) is 5.42. The first-order valence-corrected chi connectivity index (χ1v) is 9.25. The minimum absolute atomic E-state index is 0.229. The van der Waals surface area contributed by atoms with Gasteiger partial charge >= 0.3 is 0 Å². The number of rotatable bonds is 8. The summed E-state index contributed by atoms with van der Waals surface area (Å²) in [6.45, 7) is 4.25. The molecule has 3 aromatic rings. The molecular weight excluding hydrogens is 362 g/mol. The van der Waals surface area contributed by atoms with Crippen LogP contribution in [-0.2, 0) is 19.6 Å². The van der Waals surface area contributed by atoms with E-state index in [1.165, 1.54) is 11.8 Å². The van der Waals surface area contributed by atoms with E-state index in [1.54, 1.807) is 0 Å². The molecule has 0 aliphatic heterocycles. The monoisotopic (exact) mass is 383 g/mol. The van der Waals surface area contributed by atoms with Gasteiger partial charge in [0.1, 0.15) is 6.26 Å². The minimum atomic E-state index is -0.229. The summed E-state index contributed by atoms with van der Waals surface area (Å²) < 4.78 is 5.52. The van der Waals surface area contributed by atoms with Crippen LogP contribution in [0.3, 0.4) is 0 Å². The third-order valence-corrected chi connectivity index (χ3v) is 4.45. The second-order valence-electron chi connectivity index (χ2n) is 6.21. The molecule has 140 valence electrons. The second-order valence-corrected chi connectivity index (χ2v) is 6.62. The summed E-state index contributed by atoms with van der Waals surface area (Å²) in [5.41, 5.74) is 2.51. The molecule has 0 aliphatic carbocycles. The highest BCUT2D eigenvalue weighted by molar-refractivity contribution is 6.31. The first-order valence-electron chi connectivity index (χ1n) is 8.88. The lowest BCUT2D eigenvalue weighted by Crippen LogP contribution is -2.24. The SMILES string of the molecule is CCNC(=O)c1coc(CN(Cc2ccccc2)Cc2ccccc2Cl)n1. The molecular formula is C21H22ClN3O2. The molecule has 2 aromatic carbocycles. The summed E-state index contributed by atoms with van der Waals surface area (Å²) in [7, 11) is 0. The number of nitrogens with one attached hydrogen (secondary N) is 1. The van der Waals surface area contributed by atoms with Crippen LogP contribution in [0.5, 0.6) is 0 Å². The Hall–Kier alpha value is -2.63. The first-order chi connectivity index (χ1) is 13.2. The van der Waals surface area contributed by atoms with Crippen LogP contribution in [0.4, 0.5) is 0 Å². The van der Waals surface area contributed by atoms with Crippen LogP contribution in [0.1, 0.15) is 34.4 Å². The van der Waals surface area contributed by atoms with E-state index in [2.05, 4.69) is 27.3 Å². The van der Waals surface area contributed by atoms with Gasteiger partial charge in [-0.15, -0.1) is 0 Å². The molecule has 0 fully saturated rings. The zero-order valence-electron chi connectivity index (χ0n) is 15.2. The molecule has 0 saturated carbocycles. The Morgan fingerprint density at radius 2 is 1.81 bits per heavy atom. The zero-order chi connectivity index (χ0) is 19.1. The molecule has 1 aromatic heterocycles. The van der Waals surface area contributed by atoms with E-state index < -0.39 is 0 Å². The quantitative estimate of drug-likeness (QED) is 0.630. The van der Waals surface area contributed by atoms with Crippen molar-refractivity contribution < 1.29 is 9.21 Å². The van der Waals surface area contributed by atoms with Crippen LogP contribution in [0, 0.1) is 0 Å². The lowest BCUT2D eigenvalue weighted by molar-refractivity contribution is 0.0950. The van der Waals surface area contributed by atoms with Crippen LogP contribution in [0.25, 0.3) is 0 Å². The Balaban J connectivity index is 1.77. The van der Waals surface area contributed by atoms with Crippen molar-refractivity contribution in [3.8, 4) is 0 Å². The van der Waals surface area contributed by atoms with Crippen molar-refractivity contribution >= 4 is 17.5 Å². The highest BCUT2D eigenvalue weighted by atomic mass is 35.5. The van der Waals surface area contributed by atoms with Crippen molar-refractivity contribution in [2.24, 2.45) is 0 Å². The van der Waals surface area contributed by atoms with Gasteiger partial charge in [-0.3, -0.25) is 9.69 Å². The Morgan fingerprint density at radius 3 is 2.56 bits per heavy atom. The van der Waals surface area contributed by atoms with Crippen LogP contribution >= 0.6 is 11.6 Å². The van der Waals surface area contributed by atoms with E-state index in [4.69, 9.17) is 16.0 Å². The molecule has 0 atom stereocenters. The van der Waals surface area contributed by atoms with Gasteiger partial charge in [-0.2, -0.15) is 0 Å². The molecule has 3 rings (SSSR count). The highest BCUT2D eigenvalue weighted by Crippen LogP contribution is 2.20. The van der Waals surface area contributed by atoms with E-state index in [9.17, 15) is 4.79 Å². The molecule has 0 radical (unpaired) electrons. The van der Waals surface area contributed by atoms with Gasteiger partial charge in [-0.25, -0.2) is 4.98 Å². The van der Waals surface area contributed by atoms with Gasteiger partial charge in [0, 0.05) is 24.7 Å². The number of aromatic nitrogens is 1. The Labute approximate surface area is 164 Å². The molecule has 6 heteroatoms. The zero-order valence-corrected chi connectivity index (χ0v) is 15.9. The van der Waals surface area contributed by atoms with Gasteiger partial charge in [-0.1, -0.05) is 60.1 Å². The summed E-state index contributed by atoms with van der Waals surface area (Å²) >= 11 is 6.34. The van der Waals surface area contributed by atoms with Gasteiger partial charge in [0.2, 0.25) is 5.89 Å². The average Bonchev–Trinajstić information content (AvgIpc) is 3.13. The molecule has 1 amide bonds. The fourth-order valence-electron chi connectivity index (χ4n) is 2.81. The van der Waals surface area contributed by atoms with E-state index in [-0.39, 0.29) is 5.91 Å². The maximum absolute atomic E-state index is 11.9. The molecule has 0 saturated heterocycles. The van der Waals surface area contributed by atoms with Crippen molar-refractivity contribution in [2.45, 2.75) is 26.6 Å². The van der Waals surface area contributed by atoms with Gasteiger partial charge in [0.05, 0.1) is 6.54 Å². The molecule has 27 heavy (non-hydrogen) atoms. The Kier molecular flexibility index (Phi) is 6.63. The van der Waals surface area contributed by atoms with Crippen molar-refractivity contribution in [1.82, 2.24) is 15.2 Å². The number of carbonyl (C=O) groups excluding carboxylic acids is 1. The number of carbonyl (C=O) groups is 1. The van der Waals surface area contributed by atoms with Crippen LogP contribution < -0.4 is 5.32 Å². The highest BCUT2D eigenvalue weighted by Gasteiger charge is 2.16. The lowest BCUT2D eigenvalue weighted by atomic mass is 10.1. The number of halogens is 1. The molecule has 1 heterocycles. The van der Waals surface area contributed by atoms with Crippen LogP contribution in [-0.4, -0.2) is 22.3 Å². The summed E-state index contributed by atoms with van der Waals surface area (Å²) in [6.07, 6.45) is 1.40. The Morgan fingerprint density at radius 1 is 1.07 bits per heavy atom. The van der Waals surface area contributed by atoms with Crippen molar-refractivity contribution in [3.63, 3.8) is 0 Å². The maximum atomic E-state index is 11.9. The third-order valence-electron chi connectivity index (χ3n) is 4.08. The molecule has 0 aliphatic rings. The van der Waals surface area contributed by atoms with E-state index in [0.717, 1.165) is 10.6 Å². The largest absolute Gasteiger partial charge is 0.447 e. The molecule has 0 bridgehead atoms. The number of hydrogen-bond acceptors (Lipinski definition) is 4. The minimum Gasteiger partial charge on any atom is -0.447 e. The summed E-state index contributed by atoms with van der Waals surface area (Å²) in [6, 6.07) is 18.0. The van der Waals surface area contributed by atoms with Crippen LogP contribution in [0.2, 0.25) is 5.02 Å². The maximum Gasteiger partial charge on any atom is 0.273 e. The molecule has 1 N–H and O–H groups in total. The van der Waals surface area contributed by atoms with Crippen molar-refractivity contribution in [3.05, 3.63) is 88.6 Å². The van der Waals surface area contributed by atoms with Gasteiger partial charge in [0.25, 0.3) is 5.91 Å². The predicted molar refractivity (Wildman–Crippen MR) is 105 cm³/mol. The van der Waals surface area contributed by atoms with Crippen molar-refractivity contribution in [1.29, 1.82) is 0 Å². The molecule has 0 spiro atoms. The number of oxazole rings is 1. The smallest absolute Gasteiger partial charge is 0.273 e. The lowest BCUT2D eigenvalue weighted by Gasteiger charge is -2.21. The summed E-state index contributed by atoms with van der Waals surface area (Å²) in [5, 5.41) is 3.45. The van der Waals surface area contributed by atoms with E-state index in [0.29, 0.717) is 37.8 Å². The number of nitrogens with zero attached hydrogens (tertiary/aromatic N) is 2. The van der Waals surface area contributed by atoms with Crippen molar-refractivity contribution in [2.75, 3.05) is 6.54 Å². The van der Waals surface area contributed by atoms with E-state index in [1.807, 2.05) is 49.4 Å². The summed E-state index contributed by atoms with van der Waals surface area (Å²) in [4.78, 5) is 18.4. The number of hydrogen-bond donors (Lipinski definition) is 1. The van der Waals surface area contributed by atoms with Gasteiger partial charge < -0.3 is 9.73 Å².